The molecule has 0 radical (unpaired) electrons. The zero-order valence-corrected chi connectivity index (χ0v) is 14.4. The van der Waals surface area contributed by atoms with Crippen LogP contribution in [0.3, 0.4) is 0 Å². The summed E-state index contributed by atoms with van der Waals surface area (Å²) in [5.74, 6) is -0.552. The maximum absolute atomic E-state index is 13.1. The Balaban J connectivity index is 2.14. The molecule has 0 bridgehead atoms. The lowest BCUT2D eigenvalue weighted by atomic mass is 10.1. The summed E-state index contributed by atoms with van der Waals surface area (Å²) in [6.07, 6.45) is -0.331. The number of imide groups is 1. The predicted octanol–water partition coefficient (Wildman–Crippen LogP) is 1.25. The number of amides is 3. The van der Waals surface area contributed by atoms with Gasteiger partial charge in [-0.05, 0) is 32.4 Å². The van der Waals surface area contributed by atoms with Gasteiger partial charge in [-0.3, -0.25) is 29.6 Å². The monoisotopic (exact) mass is 358 g/mol. The number of nitrogens with one attached hydrogen (secondary N) is 2. The molecule has 9 nitrogen and oxygen atoms in total. The highest BCUT2D eigenvalue weighted by Crippen LogP contribution is 2.23. The van der Waals surface area contributed by atoms with Crippen LogP contribution in [-0.2, 0) is 14.3 Å². The fourth-order valence-electron chi connectivity index (χ4n) is 3.03. The Morgan fingerprint density at radius 2 is 2.15 bits per heavy atom. The average Bonchev–Trinajstić information content (AvgIpc) is 2.56. The number of benzene rings is 1. The Morgan fingerprint density at radius 3 is 2.85 bits per heavy atom. The molecule has 1 aromatic heterocycles. The van der Waals surface area contributed by atoms with Crippen molar-refractivity contribution in [2.45, 2.75) is 32.7 Å². The molecule has 3 rings (SSSR count). The first-order valence-corrected chi connectivity index (χ1v) is 8.21. The van der Waals surface area contributed by atoms with E-state index < -0.39 is 23.6 Å². The first kappa shape index (κ1) is 17.6. The molecule has 1 fully saturated rings. The van der Waals surface area contributed by atoms with Crippen molar-refractivity contribution in [1.82, 2.24) is 14.9 Å². The molecule has 1 aromatic carbocycles. The van der Waals surface area contributed by atoms with Crippen LogP contribution in [0.1, 0.15) is 31.6 Å². The van der Waals surface area contributed by atoms with Crippen LogP contribution in [0.4, 0.5) is 10.5 Å². The molecule has 2 aromatic rings. The van der Waals surface area contributed by atoms with Gasteiger partial charge in [-0.1, -0.05) is 6.07 Å². The summed E-state index contributed by atoms with van der Waals surface area (Å²) < 4.78 is 6.12. The minimum atomic E-state index is -0.826. The van der Waals surface area contributed by atoms with Gasteiger partial charge in [-0.15, -0.1) is 0 Å². The van der Waals surface area contributed by atoms with Gasteiger partial charge >= 0.3 is 6.09 Å². The normalized spacial score (nSPS) is 17.1. The summed E-state index contributed by atoms with van der Waals surface area (Å²) in [5.41, 5.74) is 0.180. The molecule has 1 atom stereocenters. The molecule has 136 valence electrons. The molecular formula is C17H18N4O5. The van der Waals surface area contributed by atoms with E-state index >= 15 is 0 Å². The molecule has 9 heteroatoms. The lowest BCUT2D eigenvalue weighted by molar-refractivity contribution is -0.135. The molecule has 0 aliphatic carbocycles. The van der Waals surface area contributed by atoms with Crippen LogP contribution < -0.4 is 16.2 Å². The third kappa shape index (κ3) is 3.15. The Hall–Kier alpha value is -3.23. The number of rotatable bonds is 3. The number of carbonyl (C=O) groups is 3. The van der Waals surface area contributed by atoms with Gasteiger partial charge in [0.15, 0.2) is 0 Å². The lowest BCUT2D eigenvalue weighted by Crippen LogP contribution is -2.45. The van der Waals surface area contributed by atoms with Crippen molar-refractivity contribution in [3.05, 3.63) is 34.4 Å². The first-order chi connectivity index (χ1) is 12.4. The molecule has 0 spiro atoms. The number of nitrogens with zero attached hydrogens (tertiary/aromatic N) is 2. The van der Waals surface area contributed by atoms with Crippen molar-refractivity contribution in [2.75, 3.05) is 11.9 Å². The van der Waals surface area contributed by atoms with Gasteiger partial charge in [0.1, 0.15) is 11.9 Å². The third-order valence-electron chi connectivity index (χ3n) is 4.14. The van der Waals surface area contributed by atoms with E-state index in [1.807, 2.05) is 0 Å². The summed E-state index contributed by atoms with van der Waals surface area (Å²) in [7, 11) is 0. The van der Waals surface area contributed by atoms with Crippen LogP contribution in [0, 0.1) is 6.92 Å². The van der Waals surface area contributed by atoms with Gasteiger partial charge < -0.3 is 4.74 Å². The van der Waals surface area contributed by atoms with Crippen LogP contribution >= 0.6 is 0 Å². The van der Waals surface area contributed by atoms with Crippen molar-refractivity contribution in [3.63, 3.8) is 0 Å². The highest BCUT2D eigenvalue weighted by Gasteiger charge is 2.30. The lowest BCUT2D eigenvalue weighted by Gasteiger charge is -2.24. The van der Waals surface area contributed by atoms with E-state index in [1.165, 1.54) is 4.57 Å². The number of ether oxygens (including phenoxy) is 1. The van der Waals surface area contributed by atoms with Crippen LogP contribution in [-0.4, -0.2) is 34.1 Å². The van der Waals surface area contributed by atoms with E-state index in [-0.39, 0.29) is 36.4 Å². The summed E-state index contributed by atoms with van der Waals surface area (Å²) in [6, 6.07) is 4.04. The van der Waals surface area contributed by atoms with E-state index in [0.29, 0.717) is 11.3 Å². The van der Waals surface area contributed by atoms with E-state index in [0.717, 1.165) is 0 Å². The first-order valence-electron chi connectivity index (χ1n) is 8.21. The minimum Gasteiger partial charge on any atom is -0.450 e. The van der Waals surface area contributed by atoms with E-state index in [9.17, 15) is 19.2 Å². The molecule has 26 heavy (non-hydrogen) atoms. The quantitative estimate of drug-likeness (QED) is 0.797. The molecule has 2 heterocycles. The second-order valence-corrected chi connectivity index (χ2v) is 5.85. The number of aromatic nitrogens is 2. The molecule has 0 unspecified atom stereocenters. The smallest absolute Gasteiger partial charge is 0.411 e. The Morgan fingerprint density at radius 1 is 1.38 bits per heavy atom. The number of fused-ring (bicyclic) bond motifs is 1. The second-order valence-electron chi connectivity index (χ2n) is 5.85. The molecular weight excluding hydrogens is 340 g/mol. The third-order valence-corrected chi connectivity index (χ3v) is 4.14. The fraction of sp³-hybridized carbons (Fsp3) is 0.353. The molecule has 1 aliphatic heterocycles. The minimum absolute atomic E-state index is 0.142. The number of anilines is 1. The molecule has 3 amide bonds. The largest absolute Gasteiger partial charge is 0.450 e. The fourth-order valence-corrected chi connectivity index (χ4v) is 3.03. The summed E-state index contributed by atoms with van der Waals surface area (Å²) >= 11 is 0. The summed E-state index contributed by atoms with van der Waals surface area (Å²) in [4.78, 5) is 52.8. The molecule has 2 N–H and O–H groups in total. The number of piperidine rings is 1. The standard InChI is InChI=1S/C17H18N4O5/c1-3-26-17(25)19-11-6-4-5-10-14(11)16(24)21(9(2)18-10)12-7-8-13(22)20-15(12)23/h4-6,12H,3,7-8H2,1-2H3,(H,19,25)(H,20,22,23)/t12-/m1/s1. The molecule has 0 saturated carbocycles. The second kappa shape index (κ2) is 6.95. The number of aryl methyl sites for hydroxylation is 1. The van der Waals surface area contributed by atoms with Crippen LogP contribution in [0.15, 0.2) is 23.0 Å². The Kier molecular flexibility index (Phi) is 4.70. The number of hydrogen-bond donors (Lipinski definition) is 2. The zero-order chi connectivity index (χ0) is 18.8. The van der Waals surface area contributed by atoms with Crippen LogP contribution in [0.5, 0.6) is 0 Å². The maximum Gasteiger partial charge on any atom is 0.411 e. The van der Waals surface area contributed by atoms with Crippen molar-refractivity contribution in [2.24, 2.45) is 0 Å². The van der Waals surface area contributed by atoms with Crippen molar-refractivity contribution in [3.8, 4) is 0 Å². The zero-order valence-electron chi connectivity index (χ0n) is 14.4. The van der Waals surface area contributed by atoms with Crippen molar-refractivity contribution in [1.29, 1.82) is 0 Å². The Labute approximate surface area is 148 Å². The van der Waals surface area contributed by atoms with Gasteiger partial charge in [0.2, 0.25) is 11.8 Å². The van der Waals surface area contributed by atoms with Gasteiger partial charge in [0, 0.05) is 6.42 Å². The van der Waals surface area contributed by atoms with E-state index in [2.05, 4.69) is 15.6 Å². The highest BCUT2D eigenvalue weighted by atomic mass is 16.5. The average molecular weight is 358 g/mol. The van der Waals surface area contributed by atoms with Gasteiger partial charge in [0.05, 0.1) is 23.2 Å². The van der Waals surface area contributed by atoms with Crippen molar-refractivity contribution >= 4 is 34.5 Å². The molecule has 1 saturated heterocycles. The highest BCUT2D eigenvalue weighted by molar-refractivity contribution is 6.00. The number of carbonyl (C=O) groups excluding carboxylic acids is 3. The topological polar surface area (TPSA) is 119 Å². The van der Waals surface area contributed by atoms with Gasteiger partial charge in [-0.2, -0.15) is 0 Å². The van der Waals surface area contributed by atoms with Crippen LogP contribution in [0.2, 0.25) is 0 Å². The summed E-state index contributed by atoms with van der Waals surface area (Å²) in [5, 5.41) is 4.94. The van der Waals surface area contributed by atoms with Crippen molar-refractivity contribution < 1.29 is 19.1 Å². The summed E-state index contributed by atoms with van der Waals surface area (Å²) in [6.45, 7) is 3.48. The van der Waals surface area contributed by atoms with Gasteiger partial charge in [-0.25, -0.2) is 9.78 Å². The molecule has 1 aliphatic rings. The van der Waals surface area contributed by atoms with E-state index in [4.69, 9.17) is 4.74 Å². The SMILES string of the molecule is CCOC(=O)Nc1cccc2nc(C)n([C@@H]3CCC(=O)NC3=O)c(=O)c12. The predicted molar refractivity (Wildman–Crippen MR) is 92.8 cm³/mol. The Bertz CT molecular complexity index is 966. The van der Waals surface area contributed by atoms with Crippen LogP contribution in [0.25, 0.3) is 10.9 Å². The maximum atomic E-state index is 13.1. The van der Waals surface area contributed by atoms with Gasteiger partial charge in [0.25, 0.3) is 5.56 Å². The van der Waals surface area contributed by atoms with E-state index in [1.54, 1.807) is 32.0 Å². The number of hydrogen-bond acceptors (Lipinski definition) is 6.